The van der Waals surface area contributed by atoms with E-state index in [9.17, 15) is 4.79 Å². The van der Waals surface area contributed by atoms with Gasteiger partial charge in [-0.05, 0) is 45.6 Å². The van der Waals surface area contributed by atoms with Crippen LogP contribution in [0.5, 0.6) is 0 Å². The van der Waals surface area contributed by atoms with E-state index >= 15 is 0 Å². The molecule has 1 saturated heterocycles. The van der Waals surface area contributed by atoms with Crippen molar-refractivity contribution in [2.75, 3.05) is 5.32 Å². The summed E-state index contributed by atoms with van der Waals surface area (Å²) >= 11 is 0. The summed E-state index contributed by atoms with van der Waals surface area (Å²) in [5.74, 6) is 0.448. The molecule has 172 valence electrons. The van der Waals surface area contributed by atoms with Gasteiger partial charge in [-0.25, -0.2) is 9.48 Å². The largest absolute Gasteiger partial charge is 0.494 e. The monoisotopic (exact) mass is 448 g/mol. The first kappa shape index (κ1) is 23.0. The molecular formula is C24H29BN4O4. The number of aryl methyl sites for hydroxylation is 1. The molecule has 0 spiro atoms. The third kappa shape index (κ3) is 4.65. The summed E-state index contributed by atoms with van der Waals surface area (Å²) in [6.45, 7) is 9.92. The Morgan fingerprint density at radius 2 is 1.64 bits per heavy atom. The Bertz CT molecular complexity index is 1110. The van der Waals surface area contributed by atoms with E-state index in [1.54, 1.807) is 7.05 Å². The molecule has 2 aromatic carbocycles. The van der Waals surface area contributed by atoms with Crippen molar-refractivity contribution in [2.24, 2.45) is 7.05 Å². The van der Waals surface area contributed by atoms with Gasteiger partial charge in [0.2, 0.25) is 0 Å². The van der Waals surface area contributed by atoms with Crippen LogP contribution in [0.3, 0.4) is 0 Å². The lowest BCUT2D eigenvalue weighted by Crippen LogP contribution is -2.41. The third-order valence-corrected chi connectivity index (χ3v) is 6.31. The summed E-state index contributed by atoms with van der Waals surface area (Å²) in [4.78, 5) is 12.5. The van der Waals surface area contributed by atoms with E-state index in [0.717, 1.165) is 16.6 Å². The molecular weight excluding hydrogens is 419 g/mol. The predicted molar refractivity (Wildman–Crippen MR) is 127 cm³/mol. The summed E-state index contributed by atoms with van der Waals surface area (Å²) < 4.78 is 19.3. The number of anilines is 1. The van der Waals surface area contributed by atoms with Crippen LogP contribution in [0.15, 0.2) is 54.6 Å². The van der Waals surface area contributed by atoms with Crippen LogP contribution in [0.25, 0.3) is 11.3 Å². The molecule has 1 N–H and O–H groups in total. The van der Waals surface area contributed by atoms with E-state index in [2.05, 4.69) is 15.6 Å². The second-order valence-corrected chi connectivity index (χ2v) is 9.20. The highest BCUT2D eigenvalue weighted by Gasteiger charge is 2.51. The highest BCUT2D eigenvalue weighted by molar-refractivity contribution is 6.62. The number of hydrogen-bond donors (Lipinski definition) is 1. The van der Waals surface area contributed by atoms with Gasteiger partial charge in [-0.15, -0.1) is 5.10 Å². The molecule has 0 aliphatic carbocycles. The minimum atomic E-state index is -0.577. The highest BCUT2D eigenvalue weighted by Crippen LogP contribution is 2.36. The average molecular weight is 448 g/mol. The number of benzene rings is 2. The molecule has 0 bridgehead atoms. The number of rotatable bonds is 5. The van der Waals surface area contributed by atoms with Gasteiger partial charge in [0.15, 0.2) is 5.82 Å². The molecule has 1 aliphatic heterocycles. The maximum Gasteiger partial charge on any atom is 0.494 e. The quantitative estimate of drug-likeness (QED) is 0.592. The number of aromatic nitrogens is 3. The average Bonchev–Trinajstić information content (AvgIpc) is 3.23. The fraction of sp³-hybridized carbons (Fsp3) is 0.375. The number of carbonyl (C=O) groups excluding carboxylic acids is 1. The normalized spacial score (nSPS) is 17.6. The van der Waals surface area contributed by atoms with E-state index in [-0.39, 0.29) is 0 Å². The SMILES string of the molecule is C[C@@H](OC(=O)Nc1c(-c2ccc(B3OC(C)(C)C(C)(C)O3)cc2)nnn1C)c1ccccc1. The number of amides is 1. The Morgan fingerprint density at radius 1 is 1.03 bits per heavy atom. The van der Waals surface area contributed by atoms with Crippen molar-refractivity contribution in [1.82, 2.24) is 15.0 Å². The number of hydrogen-bond acceptors (Lipinski definition) is 6. The molecule has 1 fully saturated rings. The third-order valence-electron chi connectivity index (χ3n) is 6.31. The smallest absolute Gasteiger partial charge is 0.441 e. The van der Waals surface area contributed by atoms with Gasteiger partial charge < -0.3 is 14.0 Å². The Balaban J connectivity index is 1.48. The van der Waals surface area contributed by atoms with E-state index in [1.807, 2.05) is 89.2 Å². The van der Waals surface area contributed by atoms with Crippen LogP contribution in [0.1, 0.15) is 46.3 Å². The first-order valence-corrected chi connectivity index (χ1v) is 11.0. The van der Waals surface area contributed by atoms with E-state index in [4.69, 9.17) is 14.0 Å². The topological polar surface area (TPSA) is 87.5 Å². The van der Waals surface area contributed by atoms with Gasteiger partial charge in [-0.1, -0.05) is 59.8 Å². The van der Waals surface area contributed by atoms with Crippen molar-refractivity contribution >= 4 is 24.5 Å². The van der Waals surface area contributed by atoms with Crippen molar-refractivity contribution in [3.63, 3.8) is 0 Å². The van der Waals surface area contributed by atoms with E-state index in [1.165, 1.54) is 4.68 Å². The second-order valence-electron chi connectivity index (χ2n) is 9.20. The van der Waals surface area contributed by atoms with Crippen LogP contribution in [-0.2, 0) is 21.1 Å². The van der Waals surface area contributed by atoms with Crippen LogP contribution < -0.4 is 10.8 Å². The molecule has 33 heavy (non-hydrogen) atoms. The van der Waals surface area contributed by atoms with Crippen LogP contribution >= 0.6 is 0 Å². The van der Waals surface area contributed by atoms with Crippen molar-refractivity contribution < 1.29 is 18.8 Å². The number of nitrogens with zero attached hydrogens (tertiary/aromatic N) is 3. The molecule has 0 saturated carbocycles. The predicted octanol–water partition coefficient (Wildman–Crippen LogP) is 4.09. The lowest BCUT2D eigenvalue weighted by atomic mass is 9.79. The lowest BCUT2D eigenvalue weighted by molar-refractivity contribution is 0.00578. The first-order valence-electron chi connectivity index (χ1n) is 11.0. The number of ether oxygens (including phenoxy) is 1. The van der Waals surface area contributed by atoms with Crippen molar-refractivity contribution in [3.05, 3.63) is 60.2 Å². The Hall–Kier alpha value is -3.17. The van der Waals surface area contributed by atoms with Crippen LogP contribution in [0.2, 0.25) is 0 Å². The molecule has 4 rings (SSSR count). The van der Waals surface area contributed by atoms with Gasteiger partial charge in [0, 0.05) is 12.6 Å². The maximum atomic E-state index is 12.5. The molecule has 1 aliphatic rings. The molecule has 1 amide bonds. The van der Waals surface area contributed by atoms with Gasteiger partial charge in [0.1, 0.15) is 11.8 Å². The van der Waals surface area contributed by atoms with Gasteiger partial charge in [-0.3, -0.25) is 5.32 Å². The maximum absolute atomic E-state index is 12.5. The molecule has 0 unspecified atom stereocenters. The Morgan fingerprint density at radius 3 is 2.24 bits per heavy atom. The van der Waals surface area contributed by atoms with E-state index < -0.39 is 30.5 Å². The van der Waals surface area contributed by atoms with Crippen molar-refractivity contribution in [3.8, 4) is 11.3 Å². The summed E-state index contributed by atoms with van der Waals surface area (Å²) in [7, 11) is 1.27. The fourth-order valence-electron chi connectivity index (χ4n) is 3.55. The van der Waals surface area contributed by atoms with Crippen LogP contribution in [-0.4, -0.2) is 39.4 Å². The fourth-order valence-corrected chi connectivity index (χ4v) is 3.55. The van der Waals surface area contributed by atoms with Crippen molar-refractivity contribution in [2.45, 2.75) is 51.9 Å². The lowest BCUT2D eigenvalue weighted by Gasteiger charge is -2.32. The molecule has 8 nitrogen and oxygen atoms in total. The summed E-state index contributed by atoms with van der Waals surface area (Å²) in [6, 6.07) is 17.3. The second kappa shape index (κ2) is 8.65. The molecule has 1 aromatic heterocycles. The first-order chi connectivity index (χ1) is 15.6. The summed E-state index contributed by atoms with van der Waals surface area (Å²) in [5.41, 5.74) is 2.35. The molecule has 9 heteroatoms. The van der Waals surface area contributed by atoms with Gasteiger partial charge in [-0.2, -0.15) is 0 Å². The van der Waals surface area contributed by atoms with Crippen LogP contribution in [0.4, 0.5) is 10.6 Å². The number of nitrogens with one attached hydrogen (secondary N) is 1. The minimum absolute atomic E-state index is 0.393. The summed E-state index contributed by atoms with van der Waals surface area (Å²) in [5, 5.41) is 11.1. The van der Waals surface area contributed by atoms with Gasteiger partial charge in [0.05, 0.1) is 11.2 Å². The number of carbonyl (C=O) groups is 1. The Labute approximate surface area is 194 Å². The molecule has 3 aromatic rings. The Kier molecular flexibility index (Phi) is 6.03. The van der Waals surface area contributed by atoms with Gasteiger partial charge in [0.25, 0.3) is 0 Å². The van der Waals surface area contributed by atoms with E-state index in [0.29, 0.717) is 11.5 Å². The van der Waals surface area contributed by atoms with Crippen molar-refractivity contribution in [1.29, 1.82) is 0 Å². The minimum Gasteiger partial charge on any atom is -0.441 e. The van der Waals surface area contributed by atoms with Crippen LogP contribution in [0, 0.1) is 0 Å². The molecule has 1 atom stereocenters. The molecule has 0 radical (unpaired) electrons. The zero-order chi connectivity index (χ0) is 23.8. The molecule has 2 heterocycles. The van der Waals surface area contributed by atoms with Gasteiger partial charge >= 0.3 is 13.2 Å². The standard InChI is InChI=1S/C24H29BN4O4/c1-16(17-10-8-7-9-11-17)31-22(30)26-21-20(27-28-29(21)6)18-12-14-19(15-13-18)25-32-23(2,3)24(4,5)33-25/h7-16H,1-6H3,(H,26,30)/t16-/m1/s1. The summed E-state index contributed by atoms with van der Waals surface area (Å²) in [6.07, 6.45) is -0.970. The highest BCUT2D eigenvalue weighted by atomic mass is 16.7. The zero-order valence-corrected chi connectivity index (χ0v) is 19.8. The zero-order valence-electron chi connectivity index (χ0n) is 19.8.